The number of likely N-dealkylation sites (N-methyl/N-ethyl adjacent to an activating group) is 1. The Morgan fingerprint density at radius 1 is 1.35 bits per heavy atom. The molecular weight excluding hydrogens is 252 g/mol. The number of rotatable bonds is 2. The molecule has 0 bridgehead atoms. The molecule has 1 amide bonds. The average molecular weight is 274 g/mol. The van der Waals surface area contributed by atoms with E-state index in [4.69, 9.17) is 0 Å². The molecule has 0 radical (unpaired) electrons. The molecular formula is C16H22N2O2. The SMILES string of the molecule is CN1C(=O)Cc2cc(C(C)(O)C3CCNCC3)ccc21. The van der Waals surface area contributed by atoms with Gasteiger partial charge in [-0.25, -0.2) is 0 Å². The molecule has 4 heteroatoms. The summed E-state index contributed by atoms with van der Waals surface area (Å²) in [6, 6.07) is 5.94. The van der Waals surface area contributed by atoms with Gasteiger partial charge in [0.15, 0.2) is 0 Å². The van der Waals surface area contributed by atoms with Crippen LogP contribution in [-0.4, -0.2) is 31.2 Å². The smallest absolute Gasteiger partial charge is 0.231 e. The molecule has 2 heterocycles. The number of carbonyl (C=O) groups excluding carboxylic acids is 1. The average Bonchev–Trinajstić information content (AvgIpc) is 2.74. The van der Waals surface area contributed by atoms with E-state index in [9.17, 15) is 9.90 Å². The van der Waals surface area contributed by atoms with Gasteiger partial charge >= 0.3 is 0 Å². The van der Waals surface area contributed by atoms with Crippen LogP contribution in [-0.2, 0) is 16.8 Å². The predicted molar refractivity (Wildman–Crippen MR) is 78.7 cm³/mol. The van der Waals surface area contributed by atoms with Crippen molar-refractivity contribution in [2.45, 2.75) is 31.8 Å². The first-order valence-electron chi connectivity index (χ1n) is 7.33. The summed E-state index contributed by atoms with van der Waals surface area (Å²) in [6.07, 6.45) is 2.42. The molecule has 1 aromatic carbocycles. The van der Waals surface area contributed by atoms with Crippen molar-refractivity contribution in [3.63, 3.8) is 0 Å². The molecule has 0 spiro atoms. The van der Waals surface area contributed by atoms with Crippen molar-refractivity contribution in [3.8, 4) is 0 Å². The van der Waals surface area contributed by atoms with Crippen LogP contribution in [0.3, 0.4) is 0 Å². The first kappa shape index (κ1) is 13.6. The topological polar surface area (TPSA) is 52.6 Å². The monoisotopic (exact) mass is 274 g/mol. The molecule has 1 saturated heterocycles. The Morgan fingerprint density at radius 3 is 2.75 bits per heavy atom. The second-order valence-electron chi connectivity index (χ2n) is 6.14. The normalized spacial score (nSPS) is 22.8. The van der Waals surface area contributed by atoms with Gasteiger partial charge in [0.25, 0.3) is 0 Å². The first-order valence-corrected chi connectivity index (χ1v) is 7.33. The van der Waals surface area contributed by atoms with Crippen LogP contribution in [0.4, 0.5) is 5.69 Å². The van der Waals surface area contributed by atoms with Crippen molar-refractivity contribution in [2.24, 2.45) is 5.92 Å². The highest BCUT2D eigenvalue weighted by atomic mass is 16.3. The maximum atomic E-state index is 11.7. The zero-order chi connectivity index (χ0) is 14.3. The van der Waals surface area contributed by atoms with E-state index in [0.29, 0.717) is 6.42 Å². The van der Waals surface area contributed by atoms with Gasteiger partial charge in [0.05, 0.1) is 12.0 Å². The third kappa shape index (κ3) is 2.13. The summed E-state index contributed by atoms with van der Waals surface area (Å²) in [5, 5.41) is 14.3. The van der Waals surface area contributed by atoms with Crippen LogP contribution >= 0.6 is 0 Å². The van der Waals surface area contributed by atoms with E-state index < -0.39 is 5.60 Å². The highest BCUT2D eigenvalue weighted by molar-refractivity contribution is 6.00. The molecule has 0 aromatic heterocycles. The van der Waals surface area contributed by atoms with Crippen LogP contribution in [0.1, 0.15) is 30.9 Å². The molecule has 0 saturated carbocycles. The van der Waals surface area contributed by atoms with Gasteiger partial charge in [-0.3, -0.25) is 4.79 Å². The fraction of sp³-hybridized carbons (Fsp3) is 0.562. The summed E-state index contributed by atoms with van der Waals surface area (Å²) in [6.45, 7) is 3.84. The lowest BCUT2D eigenvalue weighted by Gasteiger charge is -2.36. The quantitative estimate of drug-likeness (QED) is 0.857. The van der Waals surface area contributed by atoms with E-state index in [-0.39, 0.29) is 11.8 Å². The van der Waals surface area contributed by atoms with Crippen LogP contribution < -0.4 is 10.2 Å². The van der Waals surface area contributed by atoms with E-state index in [2.05, 4.69) is 5.32 Å². The summed E-state index contributed by atoms with van der Waals surface area (Å²) >= 11 is 0. The lowest BCUT2D eigenvalue weighted by Crippen LogP contribution is -2.39. The van der Waals surface area contributed by atoms with Crippen LogP contribution in [0.2, 0.25) is 0 Å². The molecule has 108 valence electrons. The van der Waals surface area contributed by atoms with Crippen molar-refractivity contribution >= 4 is 11.6 Å². The summed E-state index contributed by atoms with van der Waals surface area (Å²) in [5.41, 5.74) is 2.12. The first-order chi connectivity index (χ1) is 9.50. The van der Waals surface area contributed by atoms with Gasteiger partial charge in [0, 0.05) is 12.7 Å². The Bertz CT molecular complexity index is 533. The number of fused-ring (bicyclic) bond motifs is 1. The number of benzene rings is 1. The Hall–Kier alpha value is -1.39. The Kier molecular flexibility index (Phi) is 3.30. The predicted octanol–water partition coefficient (Wildman–Crippen LogP) is 1.41. The second-order valence-corrected chi connectivity index (χ2v) is 6.14. The van der Waals surface area contributed by atoms with E-state index in [1.807, 2.05) is 25.1 Å². The zero-order valence-corrected chi connectivity index (χ0v) is 12.1. The summed E-state index contributed by atoms with van der Waals surface area (Å²) in [4.78, 5) is 13.4. The standard InChI is InChI=1S/C16H22N2O2/c1-16(20,12-5-7-17-8-6-12)13-3-4-14-11(9-13)10-15(19)18(14)2/h3-4,9,12,17,20H,5-8,10H2,1-2H3. The lowest BCUT2D eigenvalue weighted by molar-refractivity contribution is -0.117. The summed E-state index contributed by atoms with van der Waals surface area (Å²) in [5.74, 6) is 0.398. The lowest BCUT2D eigenvalue weighted by atomic mass is 9.77. The van der Waals surface area contributed by atoms with Gasteiger partial charge in [-0.1, -0.05) is 12.1 Å². The number of carbonyl (C=O) groups is 1. The number of aliphatic hydroxyl groups is 1. The molecule has 1 unspecified atom stereocenters. The molecule has 1 aromatic rings. The molecule has 20 heavy (non-hydrogen) atoms. The van der Waals surface area contributed by atoms with Crippen molar-refractivity contribution in [1.82, 2.24) is 5.32 Å². The minimum atomic E-state index is -0.818. The molecule has 1 atom stereocenters. The van der Waals surface area contributed by atoms with Gasteiger partial charge in [0.1, 0.15) is 0 Å². The van der Waals surface area contributed by atoms with Gasteiger partial charge in [-0.05, 0) is 56.0 Å². The molecule has 4 nitrogen and oxygen atoms in total. The minimum absolute atomic E-state index is 0.124. The highest BCUT2D eigenvalue weighted by Crippen LogP contribution is 2.38. The fourth-order valence-electron chi connectivity index (χ4n) is 3.40. The third-order valence-corrected chi connectivity index (χ3v) is 4.88. The molecule has 2 aliphatic heterocycles. The molecule has 2 aliphatic rings. The van der Waals surface area contributed by atoms with Crippen LogP contribution in [0.15, 0.2) is 18.2 Å². The summed E-state index contributed by atoms with van der Waals surface area (Å²) < 4.78 is 0. The van der Waals surface area contributed by atoms with Crippen molar-refractivity contribution in [1.29, 1.82) is 0 Å². The highest BCUT2D eigenvalue weighted by Gasteiger charge is 2.35. The van der Waals surface area contributed by atoms with Crippen LogP contribution in [0.5, 0.6) is 0 Å². The van der Waals surface area contributed by atoms with Crippen LogP contribution in [0.25, 0.3) is 0 Å². The molecule has 3 rings (SSSR count). The van der Waals surface area contributed by atoms with Gasteiger partial charge in [-0.2, -0.15) is 0 Å². The van der Waals surface area contributed by atoms with Crippen LogP contribution in [0, 0.1) is 5.92 Å². The van der Waals surface area contributed by atoms with Crippen molar-refractivity contribution in [2.75, 3.05) is 25.0 Å². The second kappa shape index (κ2) is 4.86. The minimum Gasteiger partial charge on any atom is -0.385 e. The molecule has 0 aliphatic carbocycles. The van der Waals surface area contributed by atoms with E-state index in [1.54, 1.807) is 11.9 Å². The number of hydrogen-bond donors (Lipinski definition) is 2. The molecule has 1 fully saturated rings. The van der Waals surface area contributed by atoms with Gasteiger partial charge in [0.2, 0.25) is 5.91 Å². The maximum Gasteiger partial charge on any atom is 0.231 e. The largest absolute Gasteiger partial charge is 0.385 e. The fourth-order valence-corrected chi connectivity index (χ4v) is 3.40. The Labute approximate surface area is 119 Å². The Balaban J connectivity index is 1.91. The van der Waals surface area contributed by atoms with E-state index in [1.165, 1.54) is 0 Å². The third-order valence-electron chi connectivity index (χ3n) is 4.88. The zero-order valence-electron chi connectivity index (χ0n) is 12.1. The van der Waals surface area contributed by atoms with E-state index >= 15 is 0 Å². The Morgan fingerprint density at radius 2 is 2.05 bits per heavy atom. The van der Waals surface area contributed by atoms with Crippen molar-refractivity contribution in [3.05, 3.63) is 29.3 Å². The molecule has 2 N–H and O–H groups in total. The number of hydrogen-bond acceptors (Lipinski definition) is 3. The number of nitrogens with one attached hydrogen (secondary N) is 1. The summed E-state index contributed by atoms with van der Waals surface area (Å²) in [7, 11) is 1.80. The van der Waals surface area contributed by atoms with Gasteiger partial charge in [-0.15, -0.1) is 0 Å². The maximum absolute atomic E-state index is 11.7. The number of anilines is 1. The van der Waals surface area contributed by atoms with Gasteiger partial charge < -0.3 is 15.3 Å². The van der Waals surface area contributed by atoms with Crippen molar-refractivity contribution < 1.29 is 9.90 Å². The number of piperidine rings is 1. The number of amides is 1. The van der Waals surface area contributed by atoms with E-state index in [0.717, 1.165) is 42.7 Å². The number of nitrogens with zero attached hydrogens (tertiary/aromatic N) is 1.